The molecule has 136 valence electrons. The summed E-state index contributed by atoms with van der Waals surface area (Å²) >= 11 is 0. The lowest BCUT2D eigenvalue weighted by atomic mass is 9.92. The largest absolute Gasteiger partial charge is 0.496 e. The van der Waals surface area contributed by atoms with E-state index in [1.165, 1.54) is 19.2 Å². The first kappa shape index (κ1) is 18.7. The molecular weight excluding hydrogens is 328 g/mol. The molecule has 2 atom stereocenters. The van der Waals surface area contributed by atoms with Gasteiger partial charge in [0.1, 0.15) is 11.3 Å². The number of nitro groups is 1. The molecule has 1 heterocycles. The molecule has 8 nitrogen and oxygen atoms in total. The van der Waals surface area contributed by atoms with Gasteiger partial charge >= 0.3 is 5.97 Å². The third kappa shape index (κ3) is 4.68. The summed E-state index contributed by atoms with van der Waals surface area (Å²) in [5.41, 5.74) is -0.331. The Morgan fingerprint density at radius 1 is 1.28 bits per heavy atom. The van der Waals surface area contributed by atoms with E-state index in [0.29, 0.717) is 24.9 Å². The molecule has 8 heteroatoms. The second-order valence-electron chi connectivity index (χ2n) is 6.46. The van der Waals surface area contributed by atoms with E-state index in [-0.39, 0.29) is 22.9 Å². The van der Waals surface area contributed by atoms with E-state index in [0.717, 1.165) is 12.5 Å². The molecule has 0 N–H and O–H groups in total. The van der Waals surface area contributed by atoms with Crippen molar-refractivity contribution in [3.63, 3.8) is 0 Å². The third-order valence-electron chi connectivity index (χ3n) is 4.16. The lowest BCUT2D eigenvalue weighted by molar-refractivity contribution is -0.384. The molecule has 1 fully saturated rings. The van der Waals surface area contributed by atoms with Gasteiger partial charge in [-0.1, -0.05) is 13.8 Å². The van der Waals surface area contributed by atoms with Crippen molar-refractivity contribution in [3.05, 3.63) is 33.9 Å². The molecule has 1 saturated heterocycles. The minimum Gasteiger partial charge on any atom is -0.496 e. The van der Waals surface area contributed by atoms with Crippen molar-refractivity contribution in [2.24, 2.45) is 11.8 Å². The van der Waals surface area contributed by atoms with Crippen LogP contribution >= 0.6 is 0 Å². The SMILES string of the molecule is COc1ccc([N+](=O)[O-])cc1C(=O)OCC(=O)N1C[C@H](C)C[C@@H](C)C1. The fourth-order valence-corrected chi connectivity index (χ4v) is 3.13. The van der Waals surface area contributed by atoms with Crippen LogP contribution in [0, 0.1) is 22.0 Å². The first-order chi connectivity index (χ1) is 11.8. The van der Waals surface area contributed by atoms with Gasteiger partial charge in [-0.3, -0.25) is 14.9 Å². The number of carbonyl (C=O) groups excluding carboxylic acids is 2. The van der Waals surface area contributed by atoms with Crippen LogP contribution in [0.4, 0.5) is 5.69 Å². The topological polar surface area (TPSA) is 99.0 Å². The summed E-state index contributed by atoms with van der Waals surface area (Å²) in [5, 5.41) is 10.9. The fourth-order valence-electron chi connectivity index (χ4n) is 3.13. The second kappa shape index (κ2) is 7.96. The number of nitro benzene ring substituents is 1. The van der Waals surface area contributed by atoms with E-state index in [1.54, 1.807) is 4.90 Å². The number of hydrogen-bond acceptors (Lipinski definition) is 6. The van der Waals surface area contributed by atoms with Crippen LogP contribution < -0.4 is 4.74 Å². The maximum absolute atomic E-state index is 12.3. The molecule has 0 aromatic heterocycles. The lowest BCUT2D eigenvalue weighted by Crippen LogP contribution is -2.44. The predicted molar refractivity (Wildman–Crippen MR) is 89.5 cm³/mol. The molecule has 0 radical (unpaired) electrons. The van der Waals surface area contributed by atoms with Crippen LogP contribution in [-0.2, 0) is 9.53 Å². The van der Waals surface area contributed by atoms with Gasteiger partial charge in [0.15, 0.2) is 6.61 Å². The van der Waals surface area contributed by atoms with Crippen LogP contribution in [0.5, 0.6) is 5.75 Å². The van der Waals surface area contributed by atoms with E-state index in [4.69, 9.17) is 9.47 Å². The molecule has 1 aromatic rings. The summed E-state index contributed by atoms with van der Waals surface area (Å²) in [6.07, 6.45) is 1.06. The van der Waals surface area contributed by atoms with Crippen LogP contribution in [0.3, 0.4) is 0 Å². The van der Waals surface area contributed by atoms with Crippen LogP contribution in [0.2, 0.25) is 0 Å². The molecule has 1 aliphatic rings. The number of rotatable bonds is 5. The third-order valence-corrected chi connectivity index (χ3v) is 4.16. The molecule has 0 aliphatic carbocycles. The number of hydrogen-bond donors (Lipinski definition) is 0. The van der Waals surface area contributed by atoms with Crippen molar-refractivity contribution >= 4 is 17.6 Å². The zero-order valence-corrected chi connectivity index (χ0v) is 14.6. The van der Waals surface area contributed by atoms with Crippen molar-refractivity contribution in [1.29, 1.82) is 0 Å². The van der Waals surface area contributed by atoms with Crippen LogP contribution in [0.15, 0.2) is 18.2 Å². The number of ether oxygens (including phenoxy) is 2. The molecular formula is C17H22N2O6. The number of methoxy groups -OCH3 is 1. The monoisotopic (exact) mass is 350 g/mol. The summed E-state index contributed by atoms with van der Waals surface area (Å²) in [6.45, 7) is 5.04. The standard InChI is InChI=1S/C17H22N2O6/c1-11-6-12(2)9-18(8-11)16(20)10-25-17(21)14-7-13(19(22)23)4-5-15(14)24-3/h4-5,7,11-12H,6,8-10H2,1-3H3/t11-,12-/m1/s1. The highest BCUT2D eigenvalue weighted by molar-refractivity contribution is 5.94. The normalized spacial score (nSPS) is 20.0. The number of likely N-dealkylation sites (tertiary alicyclic amines) is 1. The highest BCUT2D eigenvalue weighted by Gasteiger charge is 2.26. The summed E-state index contributed by atoms with van der Waals surface area (Å²) < 4.78 is 10.1. The van der Waals surface area contributed by atoms with Gasteiger partial charge in [0.2, 0.25) is 0 Å². The number of piperidine rings is 1. The Hall–Kier alpha value is -2.64. The van der Waals surface area contributed by atoms with Crippen molar-refractivity contribution in [2.45, 2.75) is 20.3 Å². The van der Waals surface area contributed by atoms with E-state index in [9.17, 15) is 19.7 Å². The maximum Gasteiger partial charge on any atom is 0.342 e. The summed E-state index contributed by atoms with van der Waals surface area (Å²) in [5.74, 6) is -0.132. The number of nitrogens with zero attached hydrogens (tertiary/aromatic N) is 2. The zero-order valence-electron chi connectivity index (χ0n) is 14.6. The average molecular weight is 350 g/mol. The zero-order chi connectivity index (χ0) is 18.6. The number of esters is 1. The van der Waals surface area contributed by atoms with Crippen LogP contribution in [-0.4, -0.2) is 48.5 Å². The van der Waals surface area contributed by atoms with E-state index in [1.807, 2.05) is 0 Å². The summed E-state index contributed by atoms with van der Waals surface area (Å²) in [6, 6.07) is 3.64. The molecule has 0 saturated carbocycles. The van der Waals surface area contributed by atoms with Gasteiger partial charge in [-0.25, -0.2) is 4.79 Å². The van der Waals surface area contributed by atoms with Crippen LogP contribution in [0.25, 0.3) is 0 Å². The first-order valence-corrected chi connectivity index (χ1v) is 8.09. The number of non-ortho nitro benzene ring substituents is 1. The highest BCUT2D eigenvalue weighted by atomic mass is 16.6. The Bertz CT molecular complexity index is 665. The van der Waals surface area contributed by atoms with Gasteiger partial charge in [0, 0.05) is 25.2 Å². The number of carbonyl (C=O) groups is 2. The van der Waals surface area contributed by atoms with Gasteiger partial charge in [-0.15, -0.1) is 0 Å². The van der Waals surface area contributed by atoms with Gasteiger partial charge in [-0.2, -0.15) is 0 Å². The average Bonchev–Trinajstić information content (AvgIpc) is 2.57. The smallest absolute Gasteiger partial charge is 0.342 e. The van der Waals surface area contributed by atoms with Crippen LogP contribution in [0.1, 0.15) is 30.6 Å². The molecule has 0 bridgehead atoms. The Morgan fingerprint density at radius 3 is 2.48 bits per heavy atom. The number of amides is 1. The second-order valence-corrected chi connectivity index (χ2v) is 6.46. The Morgan fingerprint density at radius 2 is 1.92 bits per heavy atom. The fraction of sp³-hybridized carbons (Fsp3) is 0.529. The first-order valence-electron chi connectivity index (χ1n) is 8.09. The van der Waals surface area contributed by atoms with Crippen molar-refractivity contribution < 1.29 is 24.0 Å². The summed E-state index contributed by atoms with van der Waals surface area (Å²) in [7, 11) is 1.35. The molecule has 1 aromatic carbocycles. The van der Waals surface area contributed by atoms with E-state index < -0.39 is 17.5 Å². The maximum atomic E-state index is 12.3. The minimum absolute atomic E-state index is 0.0788. The molecule has 2 rings (SSSR count). The van der Waals surface area contributed by atoms with Crippen molar-refractivity contribution in [3.8, 4) is 5.75 Å². The molecule has 1 amide bonds. The molecule has 0 spiro atoms. The Labute approximate surface area is 145 Å². The van der Waals surface area contributed by atoms with Gasteiger partial charge in [-0.05, 0) is 24.3 Å². The summed E-state index contributed by atoms with van der Waals surface area (Å²) in [4.78, 5) is 36.4. The van der Waals surface area contributed by atoms with Gasteiger partial charge < -0.3 is 14.4 Å². The highest BCUT2D eigenvalue weighted by Crippen LogP contribution is 2.25. The molecule has 0 unspecified atom stereocenters. The van der Waals surface area contributed by atoms with Crippen molar-refractivity contribution in [2.75, 3.05) is 26.8 Å². The van der Waals surface area contributed by atoms with E-state index >= 15 is 0 Å². The lowest BCUT2D eigenvalue weighted by Gasteiger charge is -2.34. The molecule has 1 aliphatic heterocycles. The Kier molecular flexibility index (Phi) is 5.95. The molecule has 25 heavy (non-hydrogen) atoms. The van der Waals surface area contributed by atoms with Gasteiger partial charge in [0.05, 0.1) is 12.0 Å². The Balaban J connectivity index is 2.03. The number of benzene rings is 1. The predicted octanol–water partition coefficient (Wildman–Crippen LogP) is 2.26. The minimum atomic E-state index is -0.827. The van der Waals surface area contributed by atoms with Crippen molar-refractivity contribution in [1.82, 2.24) is 4.90 Å². The van der Waals surface area contributed by atoms with E-state index in [2.05, 4.69) is 13.8 Å². The quantitative estimate of drug-likeness (QED) is 0.459. The van der Waals surface area contributed by atoms with Gasteiger partial charge in [0.25, 0.3) is 11.6 Å².